The Kier molecular flexibility index (Phi) is 6.99. The second kappa shape index (κ2) is 10.1. The SMILES string of the molecule is CC(C)OC(=O)c1cccc(-c2ccc(O)c3c2C[C@H]2C[C@H]4[C@H](N(C)C)C(O)=C(C(N)=O)C(=O)[C@@]4(O)C(O)=C2C3=O)c1. The van der Waals surface area contributed by atoms with E-state index in [-0.39, 0.29) is 35.8 Å². The van der Waals surface area contributed by atoms with Crippen LogP contribution in [0.25, 0.3) is 11.1 Å². The normalized spacial score (nSPS) is 25.4. The molecule has 220 valence electrons. The fourth-order valence-corrected chi connectivity index (χ4v) is 6.62. The number of carbonyl (C=O) groups excluding carboxylic acids is 4. The summed E-state index contributed by atoms with van der Waals surface area (Å²) in [6, 6.07) is 8.53. The van der Waals surface area contributed by atoms with E-state index < -0.39 is 64.0 Å². The van der Waals surface area contributed by atoms with E-state index >= 15 is 0 Å². The van der Waals surface area contributed by atoms with Crippen molar-refractivity contribution in [3.63, 3.8) is 0 Å². The average molecular weight is 577 g/mol. The number of primary amides is 1. The van der Waals surface area contributed by atoms with E-state index in [1.807, 2.05) is 0 Å². The number of rotatable bonds is 5. The average Bonchev–Trinajstić information content (AvgIpc) is 2.90. The van der Waals surface area contributed by atoms with Crippen LogP contribution in [0, 0.1) is 11.8 Å². The van der Waals surface area contributed by atoms with Crippen molar-refractivity contribution in [3.8, 4) is 16.9 Å². The summed E-state index contributed by atoms with van der Waals surface area (Å²) >= 11 is 0. The van der Waals surface area contributed by atoms with Crippen molar-refractivity contribution in [1.29, 1.82) is 0 Å². The summed E-state index contributed by atoms with van der Waals surface area (Å²) in [7, 11) is 3.14. The summed E-state index contributed by atoms with van der Waals surface area (Å²) in [5, 5.41) is 44.9. The van der Waals surface area contributed by atoms with E-state index in [4.69, 9.17) is 10.5 Å². The van der Waals surface area contributed by atoms with Crippen LogP contribution in [0.5, 0.6) is 5.75 Å². The summed E-state index contributed by atoms with van der Waals surface area (Å²) in [6.45, 7) is 3.47. The molecule has 0 aromatic heterocycles. The molecule has 11 nitrogen and oxygen atoms in total. The van der Waals surface area contributed by atoms with Crippen molar-refractivity contribution in [2.75, 3.05) is 14.1 Å². The number of amides is 1. The first-order chi connectivity index (χ1) is 19.7. The van der Waals surface area contributed by atoms with Crippen molar-refractivity contribution in [2.45, 2.75) is 44.4 Å². The summed E-state index contributed by atoms with van der Waals surface area (Å²) in [5.74, 6) is -7.63. The zero-order valence-corrected chi connectivity index (χ0v) is 23.5. The van der Waals surface area contributed by atoms with Crippen LogP contribution in [0.1, 0.15) is 46.5 Å². The van der Waals surface area contributed by atoms with Crippen LogP contribution in [-0.2, 0) is 20.7 Å². The number of benzene rings is 2. The molecule has 11 heteroatoms. The number of Topliss-reactive ketones (excluding diaryl/α,β-unsaturated/α-hetero) is 2. The Hall–Kier alpha value is -4.48. The molecule has 0 unspecified atom stereocenters. The summed E-state index contributed by atoms with van der Waals surface area (Å²) < 4.78 is 5.31. The number of hydrogen-bond acceptors (Lipinski definition) is 10. The second-order valence-corrected chi connectivity index (χ2v) is 11.5. The lowest BCUT2D eigenvalue weighted by atomic mass is 9.58. The first kappa shape index (κ1) is 29.0. The molecular weight excluding hydrogens is 544 g/mol. The lowest BCUT2D eigenvalue weighted by Gasteiger charge is -2.50. The molecule has 0 heterocycles. The van der Waals surface area contributed by atoms with Gasteiger partial charge >= 0.3 is 5.97 Å². The van der Waals surface area contributed by atoms with Crippen molar-refractivity contribution in [3.05, 3.63) is 75.8 Å². The van der Waals surface area contributed by atoms with Gasteiger partial charge in [-0.1, -0.05) is 18.2 Å². The fraction of sp³-hybridized carbons (Fsp3) is 0.355. The van der Waals surface area contributed by atoms with Gasteiger partial charge in [0.1, 0.15) is 22.8 Å². The third-order valence-electron chi connectivity index (χ3n) is 8.36. The number of phenolic OH excluding ortho intramolecular Hbond substituents is 1. The summed E-state index contributed by atoms with van der Waals surface area (Å²) in [5.41, 5.74) is 3.38. The van der Waals surface area contributed by atoms with Gasteiger partial charge in [0, 0.05) is 11.5 Å². The van der Waals surface area contributed by atoms with Crippen molar-refractivity contribution in [2.24, 2.45) is 17.6 Å². The maximum absolute atomic E-state index is 13.9. The molecule has 0 aliphatic heterocycles. The number of nitrogens with two attached hydrogens (primary N) is 1. The zero-order valence-electron chi connectivity index (χ0n) is 23.5. The van der Waals surface area contributed by atoms with Gasteiger partial charge in [-0.05, 0) is 81.6 Å². The molecule has 42 heavy (non-hydrogen) atoms. The Morgan fingerprint density at radius 2 is 1.79 bits per heavy atom. The molecule has 4 atom stereocenters. The van der Waals surface area contributed by atoms with Gasteiger partial charge in [-0.15, -0.1) is 0 Å². The van der Waals surface area contributed by atoms with Crippen molar-refractivity contribution < 1.29 is 44.3 Å². The van der Waals surface area contributed by atoms with Crippen molar-refractivity contribution in [1.82, 2.24) is 4.90 Å². The Bertz CT molecular complexity index is 1620. The third kappa shape index (κ3) is 4.19. The van der Waals surface area contributed by atoms with Crippen LogP contribution in [0.2, 0.25) is 0 Å². The molecule has 0 bridgehead atoms. The molecule has 5 rings (SSSR count). The van der Waals surface area contributed by atoms with Gasteiger partial charge < -0.3 is 30.9 Å². The highest BCUT2D eigenvalue weighted by atomic mass is 16.5. The highest BCUT2D eigenvalue weighted by Gasteiger charge is 2.63. The number of hydrogen-bond donors (Lipinski definition) is 5. The maximum atomic E-state index is 13.9. The van der Waals surface area contributed by atoms with E-state index in [0.717, 1.165) is 0 Å². The van der Waals surface area contributed by atoms with Gasteiger partial charge in [-0.3, -0.25) is 19.3 Å². The molecule has 6 N–H and O–H groups in total. The Morgan fingerprint density at radius 1 is 1.10 bits per heavy atom. The van der Waals surface area contributed by atoms with E-state index in [9.17, 15) is 39.6 Å². The predicted molar refractivity (Wildman–Crippen MR) is 150 cm³/mol. The van der Waals surface area contributed by atoms with Crippen LogP contribution >= 0.6 is 0 Å². The van der Waals surface area contributed by atoms with Gasteiger partial charge in [-0.25, -0.2) is 4.79 Å². The number of carbonyl (C=O) groups is 4. The quantitative estimate of drug-likeness (QED) is 0.261. The summed E-state index contributed by atoms with van der Waals surface area (Å²) in [6.07, 6.45) is -0.227. The molecule has 0 fully saturated rings. The highest BCUT2D eigenvalue weighted by molar-refractivity contribution is 6.25. The van der Waals surface area contributed by atoms with Crippen LogP contribution in [0.4, 0.5) is 0 Å². The topological polar surface area (TPSA) is 188 Å². The Morgan fingerprint density at radius 3 is 2.40 bits per heavy atom. The van der Waals surface area contributed by atoms with Gasteiger partial charge in [-0.2, -0.15) is 0 Å². The molecule has 0 saturated carbocycles. The third-order valence-corrected chi connectivity index (χ3v) is 8.36. The largest absolute Gasteiger partial charge is 0.510 e. The van der Waals surface area contributed by atoms with Gasteiger partial charge in [0.2, 0.25) is 5.78 Å². The molecule has 2 aromatic rings. The number of aliphatic hydroxyl groups excluding tert-OH is 2. The molecule has 0 radical (unpaired) electrons. The first-order valence-corrected chi connectivity index (χ1v) is 13.5. The number of likely N-dealkylation sites (N-methyl/N-ethyl adjacent to an activating group) is 1. The smallest absolute Gasteiger partial charge is 0.338 e. The molecule has 0 saturated heterocycles. The number of ketones is 2. The number of nitrogens with zero attached hydrogens (tertiary/aromatic N) is 1. The van der Waals surface area contributed by atoms with E-state index in [0.29, 0.717) is 22.3 Å². The number of esters is 1. The number of fused-ring (bicyclic) bond motifs is 3. The van der Waals surface area contributed by atoms with Crippen LogP contribution in [0.15, 0.2) is 59.1 Å². The second-order valence-electron chi connectivity index (χ2n) is 11.5. The Balaban J connectivity index is 1.67. The molecule has 3 aliphatic carbocycles. The molecule has 2 aromatic carbocycles. The first-order valence-electron chi connectivity index (χ1n) is 13.5. The number of allylic oxidation sites excluding steroid dienone is 1. The lowest BCUT2D eigenvalue weighted by molar-refractivity contribution is -0.148. The summed E-state index contributed by atoms with van der Waals surface area (Å²) in [4.78, 5) is 53.6. The van der Waals surface area contributed by atoms with E-state index in [2.05, 4.69) is 0 Å². The van der Waals surface area contributed by atoms with Gasteiger partial charge in [0.05, 0.1) is 23.3 Å². The minimum Gasteiger partial charge on any atom is -0.510 e. The Labute approximate surface area is 241 Å². The number of phenols is 1. The zero-order chi connectivity index (χ0) is 30.8. The van der Waals surface area contributed by atoms with E-state index in [1.165, 1.54) is 11.0 Å². The highest BCUT2D eigenvalue weighted by Crippen LogP contribution is 2.53. The number of aromatic hydroxyl groups is 1. The molecule has 0 spiro atoms. The lowest BCUT2D eigenvalue weighted by Crippen LogP contribution is -2.63. The molecule has 3 aliphatic rings. The minimum absolute atomic E-state index is 0.0262. The standard InChI is InChI=1S/C31H32N2O9/c1-13(2)42-30(40)15-7-5-6-14(10-15)17-8-9-20(34)22-18(17)11-16-12-19-24(33(3)4)26(36)23(29(32)39)28(38)31(19,41)27(37)21(16)25(22)35/h5-10,13,16,19,24,34,36-37,41H,11-12H2,1-4H3,(H2,32,39)/t16-,19-,24-,31-/m0/s1. The van der Waals surface area contributed by atoms with Crippen LogP contribution < -0.4 is 5.73 Å². The number of ether oxygens (including phenoxy) is 1. The monoisotopic (exact) mass is 576 g/mol. The fourth-order valence-electron chi connectivity index (χ4n) is 6.62. The minimum atomic E-state index is -2.71. The maximum Gasteiger partial charge on any atom is 0.338 e. The van der Waals surface area contributed by atoms with Crippen LogP contribution in [-0.4, -0.2) is 80.6 Å². The van der Waals surface area contributed by atoms with Crippen molar-refractivity contribution >= 4 is 23.4 Å². The number of aliphatic hydroxyl groups is 3. The van der Waals surface area contributed by atoms with Gasteiger partial charge in [0.25, 0.3) is 5.91 Å². The molecular formula is C31H32N2O9. The van der Waals surface area contributed by atoms with Gasteiger partial charge in [0.15, 0.2) is 11.4 Å². The molecule has 1 amide bonds. The van der Waals surface area contributed by atoms with E-state index in [1.54, 1.807) is 58.3 Å². The van der Waals surface area contributed by atoms with Crippen LogP contribution in [0.3, 0.4) is 0 Å². The predicted octanol–water partition coefficient (Wildman–Crippen LogP) is 2.35.